The number of hydrazone groups is 1. The first-order valence-electron chi connectivity index (χ1n) is 13.2. The summed E-state index contributed by atoms with van der Waals surface area (Å²) in [6, 6.07) is 11.1. The van der Waals surface area contributed by atoms with Gasteiger partial charge in [0.15, 0.2) is 5.82 Å². The van der Waals surface area contributed by atoms with Gasteiger partial charge in [0.1, 0.15) is 0 Å². The Labute approximate surface area is 215 Å². The summed E-state index contributed by atoms with van der Waals surface area (Å²) in [6.07, 6.45) is 14.1. The summed E-state index contributed by atoms with van der Waals surface area (Å²) in [6.45, 7) is 13.5. The van der Waals surface area contributed by atoms with E-state index in [4.69, 9.17) is 10.2 Å². The number of piperidine rings is 1. The minimum atomic E-state index is 0.347. The highest BCUT2D eigenvalue weighted by Gasteiger charge is 2.32. The van der Waals surface area contributed by atoms with Crippen LogP contribution in [0.4, 0.5) is 5.82 Å². The molecule has 6 heteroatoms. The zero-order chi connectivity index (χ0) is 25.1. The summed E-state index contributed by atoms with van der Waals surface area (Å²) in [4.78, 5) is 2.41. The van der Waals surface area contributed by atoms with Crippen LogP contribution in [0.25, 0.3) is 17.0 Å². The van der Waals surface area contributed by atoms with E-state index in [1.165, 1.54) is 11.3 Å². The Morgan fingerprint density at radius 3 is 2.61 bits per heavy atom. The quantitative estimate of drug-likeness (QED) is 0.522. The maximum atomic E-state index is 4.86. The van der Waals surface area contributed by atoms with E-state index in [0.29, 0.717) is 12.0 Å². The van der Waals surface area contributed by atoms with Crippen LogP contribution in [0.2, 0.25) is 0 Å². The Morgan fingerprint density at radius 2 is 1.92 bits per heavy atom. The van der Waals surface area contributed by atoms with Gasteiger partial charge in [0.05, 0.1) is 11.7 Å². The van der Waals surface area contributed by atoms with Gasteiger partial charge in [-0.1, -0.05) is 55.7 Å². The second-order valence-electron chi connectivity index (χ2n) is 9.95. The van der Waals surface area contributed by atoms with Crippen molar-refractivity contribution in [1.82, 2.24) is 20.1 Å². The molecule has 0 saturated carbocycles. The molecular formula is C30H38N6. The number of benzene rings is 1. The lowest BCUT2D eigenvalue weighted by Crippen LogP contribution is -2.38. The molecule has 3 heterocycles. The molecule has 3 aliphatic rings. The Hall–Kier alpha value is -3.54. The van der Waals surface area contributed by atoms with Crippen molar-refractivity contribution in [3.63, 3.8) is 0 Å². The number of hydrogen-bond donors (Lipinski definition) is 1. The van der Waals surface area contributed by atoms with Gasteiger partial charge in [-0.2, -0.15) is 10.2 Å². The van der Waals surface area contributed by atoms with Crippen LogP contribution in [0.15, 0.2) is 78.1 Å². The van der Waals surface area contributed by atoms with Gasteiger partial charge in [-0.15, -0.1) is 0 Å². The lowest BCUT2D eigenvalue weighted by molar-refractivity contribution is 0.265. The van der Waals surface area contributed by atoms with E-state index in [2.05, 4.69) is 90.1 Å². The molecule has 0 spiro atoms. The Balaban J connectivity index is 1.22. The van der Waals surface area contributed by atoms with Gasteiger partial charge in [0, 0.05) is 62.7 Å². The maximum Gasteiger partial charge on any atom is 0.151 e. The highest BCUT2D eigenvalue weighted by atomic mass is 15.5. The molecule has 1 N–H and O–H groups in total. The number of nitrogens with zero attached hydrogens (tertiary/aromatic N) is 5. The Bertz CT molecular complexity index is 1190. The summed E-state index contributed by atoms with van der Waals surface area (Å²) in [7, 11) is 2.03. The van der Waals surface area contributed by atoms with Gasteiger partial charge >= 0.3 is 0 Å². The van der Waals surface area contributed by atoms with Crippen molar-refractivity contribution in [3.05, 3.63) is 78.6 Å². The van der Waals surface area contributed by atoms with Crippen LogP contribution in [0, 0.1) is 5.92 Å². The summed E-state index contributed by atoms with van der Waals surface area (Å²) in [5.41, 5.74) is 7.01. The van der Waals surface area contributed by atoms with Gasteiger partial charge < -0.3 is 10.2 Å². The van der Waals surface area contributed by atoms with Crippen molar-refractivity contribution in [2.45, 2.75) is 45.1 Å². The van der Waals surface area contributed by atoms with E-state index >= 15 is 0 Å². The second kappa shape index (κ2) is 10.6. The fourth-order valence-corrected chi connectivity index (χ4v) is 5.56. The van der Waals surface area contributed by atoms with Crippen molar-refractivity contribution >= 4 is 17.7 Å². The zero-order valence-corrected chi connectivity index (χ0v) is 21.7. The van der Waals surface area contributed by atoms with E-state index in [-0.39, 0.29) is 0 Å². The highest BCUT2D eigenvalue weighted by Crippen LogP contribution is 2.35. The molecule has 2 aliphatic heterocycles. The first kappa shape index (κ1) is 24.2. The monoisotopic (exact) mass is 482 g/mol. The third-order valence-corrected chi connectivity index (χ3v) is 7.67. The van der Waals surface area contributed by atoms with Crippen LogP contribution in [-0.2, 0) is 7.05 Å². The molecule has 6 nitrogen and oxygen atoms in total. The number of nitrogens with one attached hydrogen (secondary N) is 1. The summed E-state index contributed by atoms with van der Waals surface area (Å²) < 4.78 is 1.99. The summed E-state index contributed by atoms with van der Waals surface area (Å²) >= 11 is 0. The van der Waals surface area contributed by atoms with E-state index in [9.17, 15) is 0 Å². The van der Waals surface area contributed by atoms with E-state index < -0.39 is 0 Å². The van der Waals surface area contributed by atoms with Crippen LogP contribution in [0.1, 0.15) is 44.6 Å². The normalized spacial score (nSPS) is 20.1. The van der Waals surface area contributed by atoms with Gasteiger partial charge in [-0.3, -0.25) is 9.69 Å². The van der Waals surface area contributed by atoms with Crippen molar-refractivity contribution in [3.8, 4) is 11.3 Å². The van der Waals surface area contributed by atoms with Crippen molar-refractivity contribution in [2.24, 2.45) is 18.1 Å². The molecule has 1 fully saturated rings. The average molecular weight is 483 g/mol. The predicted octanol–water partition coefficient (Wildman–Crippen LogP) is 5.73. The standard InChI is InChI=1S/C30H38N6/c1-5-31-22(2)24-11-13-27(14-12-24)29-21-30(33-34(29)4)35-19-16-25(17-20-35)23(3)36-28(15-18-32-36)26-9-7-6-8-10-26/h6-7,9,11-14,18,21,25,28,31H,2-3,5,8,10,15-17,19-20H2,1,4H3. The van der Waals surface area contributed by atoms with Crippen molar-refractivity contribution in [1.29, 1.82) is 0 Å². The Kier molecular flexibility index (Phi) is 7.12. The molecule has 2 aromatic rings. The lowest BCUT2D eigenvalue weighted by atomic mass is 9.91. The van der Waals surface area contributed by atoms with Gasteiger partial charge in [-0.25, -0.2) is 0 Å². The van der Waals surface area contributed by atoms with Crippen LogP contribution >= 0.6 is 0 Å². The zero-order valence-electron chi connectivity index (χ0n) is 21.7. The smallest absolute Gasteiger partial charge is 0.151 e. The van der Waals surface area contributed by atoms with E-state index in [1.54, 1.807) is 0 Å². The third kappa shape index (κ3) is 4.90. The third-order valence-electron chi connectivity index (χ3n) is 7.67. The van der Waals surface area contributed by atoms with Gasteiger partial charge in [-0.05, 0) is 49.3 Å². The van der Waals surface area contributed by atoms with Crippen molar-refractivity contribution in [2.75, 3.05) is 24.5 Å². The highest BCUT2D eigenvalue weighted by molar-refractivity contribution is 5.69. The lowest BCUT2D eigenvalue weighted by Gasteiger charge is -2.37. The van der Waals surface area contributed by atoms with E-state index in [0.717, 1.165) is 80.1 Å². The molecule has 1 saturated heterocycles. The maximum absolute atomic E-state index is 4.86. The molecule has 1 aliphatic carbocycles. The summed E-state index contributed by atoms with van der Waals surface area (Å²) in [5, 5.41) is 15.1. The van der Waals surface area contributed by atoms with Crippen LogP contribution in [0.3, 0.4) is 0 Å². The molecule has 1 unspecified atom stereocenters. The minimum absolute atomic E-state index is 0.347. The number of rotatable bonds is 8. The summed E-state index contributed by atoms with van der Waals surface area (Å²) in [5.74, 6) is 1.51. The minimum Gasteiger partial charge on any atom is -0.385 e. The Morgan fingerprint density at radius 1 is 1.14 bits per heavy atom. The van der Waals surface area contributed by atoms with E-state index in [1.807, 2.05) is 11.7 Å². The first-order valence-corrected chi connectivity index (χ1v) is 13.2. The fourth-order valence-electron chi connectivity index (χ4n) is 5.56. The van der Waals surface area contributed by atoms with Crippen LogP contribution in [0.5, 0.6) is 0 Å². The second-order valence-corrected chi connectivity index (χ2v) is 9.95. The number of anilines is 1. The molecule has 0 amide bonds. The predicted molar refractivity (Wildman–Crippen MR) is 151 cm³/mol. The number of allylic oxidation sites excluding steroid dienone is 4. The van der Waals surface area contributed by atoms with Gasteiger partial charge in [0.2, 0.25) is 0 Å². The van der Waals surface area contributed by atoms with Crippen molar-refractivity contribution < 1.29 is 0 Å². The largest absolute Gasteiger partial charge is 0.385 e. The van der Waals surface area contributed by atoms with Crippen LogP contribution in [-0.4, -0.2) is 46.7 Å². The molecule has 1 atom stereocenters. The fraction of sp³-hybridized carbons (Fsp3) is 0.400. The molecule has 188 valence electrons. The number of aryl methyl sites for hydroxylation is 1. The molecule has 0 bridgehead atoms. The molecular weight excluding hydrogens is 444 g/mol. The molecule has 1 aromatic carbocycles. The number of aromatic nitrogens is 2. The SMILES string of the molecule is C=C(NCC)c1ccc(-c2cc(N3CCC(C(=C)N4N=CCC4C4=CC=CCC4)CC3)nn2C)cc1. The van der Waals surface area contributed by atoms with Gasteiger partial charge in [0.25, 0.3) is 0 Å². The molecule has 0 radical (unpaired) electrons. The number of hydrogen-bond acceptors (Lipinski definition) is 5. The first-order chi connectivity index (χ1) is 17.5. The van der Waals surface area contributed by atoms with Crippen LogP contribution < -0.4 is 10.2 Å². The average Bonchev–Trinajstić information content (AvgIpc) is 3.56. The topological polar surface area (TPSA) is 48.7 Å². The molecule has 36 heavy (non-hydrogen) atoms. The molecule has 1 aromatic heterocycles. The molecule has 5 rings (SSSR count).